The van der Waals surface area contributed by atoms with E-state index in [4.69, 9.17) is 11.6 Å². The molecule has 4 heteroatoms. The molecule has 0 spiro atoms. The van der Waals surface area contributed by atoms with Crippen molar-refractivity contribution in [1.82, 2.24) is 5.32 Å². The maximum absolute atomic E-state index is 13.0. The van der Waals surface area contributed by atoms with Gasteiger partial charge in [0.2, 0.25) is 0 Å². The van der Waals surface area contributed by atoms with E-state index in [-0.39, 0.29) is 23.9 Å². The molecule has 1 N–H and O–H groups in total. The summed E-state index contributed by atoms with van der Waals surface area (Å²) >= 11 is 5.91. The van der Waals surface area contributed by atoms with Gasteiger partial charge in [0.25, 0.3) is 0 Å². The van der Waals surface area contributed by atoms with E-state index < -0.39 is 0 Å². The molecule has 17 heavy (non-hydrogen) atoms. The molecule has 0 amide bonds. The van der Waals surface area contributed by atoms with Gasteiger partial charge in [-0.2, -0.15) is 0 Å². The van der Waals surface area contributed by atoms with E-state index in [0.29, 0.717) is 17.1 Å². The van der Waals surface area contributed by atoms with Crippen molar-refractivity contribution in [3.8, 4) is 0 Å². The van der Waals surface area contributed by atoms with E-state index in [1.165, 1.54) is 18.2 Å². The van der Waals surface area contributed by atoms with Crippen molar-refractivity contribution in [2.45, 2.75) is 20.3 Å². The molecule has 1 atom stereocenters. The number of carbonyl (C=O) groups excluding carboxylic acids is 1. The number of carbonyl (C=O) groups is 1. The molecule has 0 aromatic heterocycles. The fourth-order valence-electron chi connectivity index (χ4n) is 1.52. The Bertz CT molecular complexity index is 395. The average Bonchev–Trinajstić information content (AvgIpc) is 2.30. The summed E-state index contributed by atoms with van der Waals surface area (Å²) in [6, 6.07) is 4.09. The topological polar surface area (TPSA) is 29.1 Å². The minimum absolute atomic E-state index is 0.0680. The first-order chi connectivity index (χ1) is 8.04. The number of halogens is 2. The number of ketones is 1. The number of hydrogen-bond acceptors (Lipinski definition) is 2. The highest BCUT2D eigenvalue weighted by Gasteiger charge is 2.14. The molecule has 0 aliphatic heterocycles. The molecule has 0 aliphatic carbocycles. The van der Waals surface area contributed by atoms with Gasteiger partial charge in [0.1, 0.15) is 11.6 Å². The van der Waals surface area contributed by atoms with Crippen LogP contribution in [-0.4, -0.2) is 18.9 Å². The summed E-state index contributed by atoms with van der Waals surface area (Å²) in [6.07, 6.45) is 0.184. The van der Waals surface area contributed by atoms with E-state index in [1.54, 1.807) is 0 Å². The van der Waals surface area contributed by atoms with Crippen LogP contribution in [0.5, 0.6) is 0 Å². The van der Waals surface area contributed by atoms with Crippen LogP contribution in [0.25, 0.3) is 0 Å². The Balaban J connectivity index is 2.64. The Morgan fingerprint density at radius 2 is 2.24 bits per heavy atom. The number of benzene rings is 1. The van der Waals surface area contributed by atoms with E-state index in [9.17, 15) is 9.18 Å². The van der Waals surface area contributed by atoms with Crippen molar-refractivity contribution < 1.29 is 9.18 Å². The predicted molar refractivity (Wildman–Crippen MR) is 67.8 cm³/mol. The van der Waals surface area contributed by atoms with Gasteiger partial charge in [-0.1, -0.05) is 25.4 Å². The van der Waals surface area contributed by atoms with Gasteiger partial charge in [0.15, 0.2) is 0 Å². The lowest BCUT2D eigenvalue weighted by atomic mass is 9.99. The van der Waals surface area contributed by atoms with Crippen LogP contribution >= 0.6 is 11.6 Å². The monoisotopic (exact) mass is 257 g/mol. The van der Waals surface area contributed by atoms with Gasteiger partial charge in [-0.15, -0.1) is 0 Å². The highest BCUT2D eigenvalue weighted by molar-refractivity contribution is 6.31. The lowest BCUT2D eigenvalue weighted by Gasteiger charge is -2.11. The summed E-state index contributed by atoms with van der Waals surface area (Å²) in [5.41, 5.74) is 0.556. The highest BCUT2D eigenvalue weighted by atomic mass is 35.5. The van der Waals surface area contributed by atoms with Gasteiger partial charge in [-0.25, -0.2) is 4.39 Å². The van der Waals surface area contributed by atoms with Gasteiger partial charge in [-0.05, 0) is 30.3 Å². The third-order valence-electron chi connectivity index (χ3n) is 2.62. The third kappa shape index (κ3) is 4.44. The molecule has 0 saturated carbocycles. The Morgan fingerprint density at radius 1 is 1.53 bits per heavy atom. The maximum Gasteiger partial charge on any atom is 0.141 e. The summed E-state index contributed by atoms with van der Waals surface area (Å²) in [6.45, 7) is 5.32. The Labute approximate surface area is 106 Å². The van der Waals surface area contributed by atoms with Crippen LogP contribution in [0, 0.1) is 11.7 Å². The molecule has 1 rings (SSSR count). The zero-order valence-corrected chi connectivity index (χ0v) is 10.9. The Morgan fingerprint density at radius 3 is 2.88 bits per heavy atom. The fraction of sp³-hybridized carbons (Fsp3) is 0.462. The molecule has 94 valence electrons. The fourth-order valence-corrected chi connectivity index (χ4v) is 1.70. The molecule has 0 fully saturated rings. The highest BCUT2D eigenvalue weighted by Crippen LogP contribution is 2.18. The first-order valence-corrected chi connectivity index (χ1v) is 6.09. The number of hydrogen-bond donors (Lipinski definition) is 1. The van der Waals surface area contributed by atoms with Crippen LogP contribution in [0.15, 0.2) is 18.2 Å². The standard InChI is InChI=1S/C13H17ClFNO/c1-3-16-8-9(2)13(17)7-10-6-11(15)4-5-12(10)14/h4-6,9,16H,3,7-8H2,1-2H3. The van der Waals surface area contributed by atoms with Crippen LogP contribution in [0.1, 0.15) is 19.4 Å². The van der Waals surface area contributed by atoms with Crippen LogP contribution in [0.3, 0.4) is 0 Å². The van der Waals surface area contributed by atoms with Crippen molar-refractivity contribution in [2.75, 3.05) is 13.1 Å². The first kappa shape index (κ1) is 14.1. The summed E-state index contributed by atoms with van der Waals surface area (Å²) in [4.78, 5) is 11.9. The summed E-state index contributed by atoms with van der Waals surface area (Å²) in [5.74, 6) is -0.385. The molecular formula is C13H17ClFNO. The quantitative estimate of drug-likeness (QED) is 0.849. The van der Waals surface area contributed by atoms with Crippen molar-refractivity contribution >= 4 is 17.4 Å². The molecule has 1 aromatic carbocycles. The summed E-state index contributed by atoms with van der Waals surface area (Å²) in [5, 5.41) is 3.55. The van der Waals surface area contributed by atoms with Crippen molar-refractivity contribution in [3.05, 3.63) is 34.6 Å². The molecule has 2 nitrogen and oxygen atoms in total. The zero-order valence-electron chi connectivity index (χ0n) is 10.1. The molecule has 1 unspecified atom stereocenters. The van der Waals surface area contributed by atoms with Gasteiger partial charge in [0, 0.05) is 23.9 Å². The minimum atomic E-state index is -0.364. The van der Waals surface area contributed by atoms with E-state index >= 15 is 0 Å². The second-order valence-corrected chi connectivity index (χ2v) is 4.49. The number of nitrogens with one attached hydrogen (secondary N) is 1. The van der Waals surface area contributed by atoms with Gasteiger partial charge < -0.3 is 5.32 Å². The molecular weight excluding hydrogens is 241 g/mol. The van der Waals surface area contributed by atoms with Crippen LogP contribution in [-0.2, 0) is 11.2 Å². The largest absolute Gasteiger partial charge is 0.316 e. The lowest BCUT2D eigenvalue weighted by molar-refractivity contribution is -0.121. The SMILES string of the molecule is CCNCC(C)C(=O)Cc1cc(F)ccc1Cl. The van der Waals surface area contributed by atoms with E-state index in [0.717, 1.165) is 6.54 Å². The van der Waals surface area contributed by atoms with Crippen LogP contribution in [0.4, 0.5) is 4.39 Å². The molecule has 0 aliphatic rings. The van der Waals surface area contributed by atoms with Gasteiger partial charge >= 0.3 is 0 Å². The van der Waals surface area contributed by atoms with Gasteiger partial charge in [-0.3, -0.25) is 4.79 Å². The molecule has 1 aromatic rings. The number of Topliss-reactive ketones (excluding diaryl/α,β-unsaturated/α-hetero) is 1. The third-order valence-corrected chi connectivity index (χ3v) is 2.99. The molecule has 0 saturated heterocycles. The average molecular weight is 258 g/mol. The summed E-state index contributed by atoms with van der Waals surface area (Å²) < 4.78 is 13.0. The summed E-state index contributed by atoms with van der Waals surface area (Å²) in [7, 11) is 0. The maximum atomic E-state index is 13.0. The number of rotatable bonds is 6. The Kier molecular flexibility index (Phi) is 5.59. The predicted octanol–water partition coefficient (Wildman–Crippen LogP) is 2.84. The minimum Gasteiger partial charge on any atom is -0.316 e. The van der Waals surface area contributed by atoms with Crippen molar-refractivity contribution in [3.63, 3.8) is 0 Å². The normalized spacial score (nSPS) is 12.5. The molecule has 0 radical (unpaired) electrons. The smallest absolute Gasteiger partial charge is 0.141 e. The molecule has 0 heterocycles. The first-order valence-electron chi connectivity index (χ1n) is 5.72. The van der Waals surface area contributed by atoms with Gasteiger partial charge in [0.05, 0.1) is 0 Å². The second-order valence-electron chi connectivity index (χ2n) is 4.09. The van der Waals surface area contributed by atoms with Crippen LogP contribution < -0.4 is 5.32 Å². The van der Waals surface area contributed by atoms with E-state index in [1.807, 2.05) is 13.8 Å². The van der Waals surface area contributed by atoms with E-state index in [2.05, 4.69) is 5.32 Å². The van der Waals surface area contributed by atoms with Crippen molar-refractivity contribution in [1.29, 1.82) is 0 Å². The van der Waals surface area contributed by atoms with Crippen LogP contribution in [0.2, 0.25) is 5.02 Å². The zero-order chi connectivity index (χ0) is 12.8. The second kappa shape index (κ2) is 6.72. The molecule has 0 bridgehead atoms. The van der Waals surface area contributed by atoms with Crippen molar-refractivity contribution in [2.24, 2.45) is 5.92 Å². The Hall–Kier alpha value is -0.930. The lowest BCUT2D eigenvalue weighted by Crippen LogP contribution is -2.27.